The Morgan fingerprint density at radius 3 is 2.04 bits per heavy atom. The molecule has 0 radical (unpaired) electrons. The molecule has 5 rings (SSSR count). The van der Waals surface area contributed by atoms with Crippen LogP contribution in [0.25, 0.3) is 0 Å². The van der Waals surface area contributed by atoms with E-state index in [1.54, 1.807) is 6.92 Å². The molecule has 2 fully saturated rings. The van der Waals surface area contributed by atoms with E-state index in [0.29, 0.717) is 6.42 Å². The molecule has 0 spiro atoms. The Morgan fingerprint density at radius 1 is 0.964 bits per heavy atom. The maximum Gasteiger partial charge on any atom is 0.236 e. The number of aliphatic imine (C=N–C) groups is 1. The van der Waals surface area contributed by atoms with Crippen molar-refractivity contribution in [1.82, 2.24) is 5.32 Å². The second kappa shape index (κ2) is 5.75. The summed E-state index contributed by atoms with van der Waals surface area (Å²) >= 11 is 0. The van der Waals surface area contributed by atoms with Crippen LogP contribution in [-0.4, -0.2) is 29.0 Å². The van der Waals surface area contributed by atoms with Gasteiger partial charge < -0.3 is 9.64 Å². The Balaban J connectivity index is 1.79. The second-order valence-electron chi connectivity index (χ2n) is 7.58. The number of ether oxygens (including phenoxy) is 1. The van der Waals surface area contributed by atoms with Crippen LogP contribution in [0.2, 0.25) is 0 Å². The molecule has 4 atom stereocenters. The van der Waals surface area contributed by atoms with Crippen LogP contribution in [0.5, 0.6) is 0 Å². The average Bonchev–Trinajstić information content (AvgIpc) is 3.28. The summed E-state index contributed by atoms with van der Waals surface area (Å²) in [7, 11) is 0. The van der Waals surface area contributed by atoms with Crippen LogP contribution in [0.1, 0.15) is 20.3 Å². The van der Waals surface area contributed by atoms with Gasteiger partial charge in [-0.1, -0.05) is 43.3 Å². The smallest absolute Gasteiger partial charge is 0.236 e. The molecule has 0 aliphatic carbocycles. The van der Waals surface area contributed by atoms with Gasteiger partial charge >= 0.3 is 0 Å². The van der Waals surface area contributed by atoms with E-state index in [1.807, 2.05) is 72.5 Å². The van der Waals surface area contributed by atoms with Gasteiger partial charge in [-0.25, -0.2) is 0 Å². The van der Waals surface area contributed by atoms with Gasteiger partial charge in [0.05, 0.1) is 5.71 Å². The molecule has 2 aromatic rings. The highest BCUT2D eigenvalue weighted by molar-refractivity contribution is 6.14. The number of amides is 2. The number of nitrogens with zero attached hydrogens (tertiary/aromatic N) is 2. The molecule has 0 saturated carbocycles. The third-order valence-corrected chi connectivity index (χ3v) is 5.97. The minimum Gasteiger partial charge on any atom is -0.321 e. The lowest BCUT2D eigenvalue weighted by Crippen LogP contribution is -2.58. The lowest BCUT2D eigenvalue weighted by molar-refractivity contribution is -0.133. The van der Waals surface area contributed by atoms with Gasteiger partial charge in [0.25, 0.3) is 0 Å². The summed E-state index contributed by atoms with van der Waals surface area (Å²) < 4.78 is 6.57. The Hall–Kier alpha value is -2.99. The van der Waals surface area contributed by atoms with Crippen molar-refractivity contribution in [2.75, 3.05) is 4.90 Å². The molecule has 2 bridgehead atoms. The molecular formula is C22H21N3O3. The molecule has 0 aromatic heterocycles. The number of carbonyl (C=O) groups is 2. The van der Waals surface area contributed by atoms with Crippen LogP contribution in [-0.2, 0) is 14.3 Å². The number of hydrogen-bond acceptors (Lipinski definition) is 5. The van der Waals surface area contributed by atoms with Gasteiger partial charge in [-0.2, -0.15) is 0 Å². The molecule has 1 N–H and O–H groups in total. The highest BCUT2D eigenvalue weighted by Crippen LogP contribution is 2.59. The fourth-order valence-electron chi connectivity index (χ4n) is 4.99. The zero-order valence-electron chi connectivity index (χ0n) is 15.8. The van der Waals surface area contributed by atoms with E-state index in [4.69, 9.17) is 9.73 Å². The predicted molar refractivity (Wildman–Crippen MR) is 105 cm³/mol. The third kappa shape index (κ3) is 2.04. The van der Waals surface area contributed by atoms with Crippen molar-refractivity contribution < 1.29 is 14.3 Å². The van der Waals surface area contributed by atoms with Crippen molar-refractivity contribution >= 4 is 28.9 Å². The number of rotatable bonds is 4. The zero-order chi connectivity index (χ0) is 19.5. The highest BCUT2D eigenvalue weighted by Gasteiger charge is 2.76. The van der Waals surface area contributed by atoms with Crippen LogP contribution in [0, 0.1) is 11.8 Å². The molecule has 2 saturated heterocycles. The predicted octanol–water partition coefficient (Wildman–Crippen LogP) is 3.02. The summed E-state index contributed by atoms with van der Waals surface area (Å²) in [5, 5.41) is 2.51. The largest absolute Gasteiger partial charge is 0.321 e. The van der Waals surface area contributed by atoms with E-state index in [-0.39, 0.29) is 11.8 Å². The first-order chi connectivity index (χ1) is 13.5. The van der Waals surface area contributed by atoms with E-state index >= 15 is 0 Å². The minimum atomic E-state index is -1.13. The summed E-state index contributed by atoms with van der Waals surface area (Å²) in [5.74, 6) is -1.89. The van der Waals surface area contributed by atoms with Crippen molar-refractivity contribution in [3.8, 4) is 0 Å². The summed E-state index contributed by atoms with van der Waals surface area (Å²) in [6.45, 7) is 3.81. The molecule has 3 aliphatic rings. The lowest BCUT2D eigenvalue weighted by Gasteiger charge is -2.43. The van der Waals surface area contributed by atoms with Gasteiger partial charge in [-0.05, 0) is 37.6 Å². The Bertz CT molecular complexity index is 951. The van der Waals surface area contributed by atoms with Crippen molar-refractivity contribution in [2.45, 2.75) is 31.7 Å². The number of hydrogen-bond donors (Lipinski definition) is 1. The SMILES string of the molecule is CCC1=NC2(C)OC1(N(c1ccccc1)c1ccccc1)C1C(=O)NC(=O)C12. The molecule has 3 heterocycles. The first-order valence-corrected chi connectivity index (χ1v) is 9.55. The summed E-state index contributed by atoms with van der Waals surface area (Å²) in [5.41, 5.74) is 0.369. The number of imide groups is 1. The maximum absolute atomic E-state index is 12.9. The van der Waals surface area contributed by atoms with Crippen LogP contribution in [0.3, 0.4) is 0 Å². The molecule has 2 aromatic carbocycles. The van der Waals surface area contributed by atoms with Crippen molar-refractivity contribution in [3.05, 3.63) is 60.7 Å². The van der Waals surface area contributed by atoms with E-state index in [9.17, 15) is 9.59 Å². The molecule has 3 aliphatic heterocycles. The van der Waals surface area contributed by atoms with E-state index < -0.39 is 23.3 Å². The van der Waals surface area contributed by atoms with Crippen molar-refractivity contribution in [3.63, 3.8) is 0 Å². The Kier molecular flexibility index (Phi) is 3.52. The molecule has 6 nitrogen and oxygen atoms in total. The summed E-state index contributed by atoms with van der Waals surface area (Å²) in [6, 6.07) is 19.6. The summed E-state index contributed by atoms with van der Waals surface area (Å²) in [4.78, 5) is 32.4. The number of carbonyl (C=O) groups excluding carboxylic acids is 2. The lowest BCUT2D eigenvalue weighted by atomic mass is 9.77. The van der Waals surface area contributed by atoms with Crippen molar-refractivity contribution in [2.24, 2.45) is 16.8 Å². The van der Waals surface area contributed by atoms with Crippen LogP contribution >= 0.6 is 0 Å². The normalized spacial score (nSPS) is 32.9. The van der Waals surface area contributed by atoms with Gasteiger partial charge in [0.15, 0.2) is 11.4 Å². The number of fused-ring (bicyclic) bond motifs is 5. The monoisotopic (exact) mass is 375 g/mol. The third-order valence-electron chi connectivity index (χ3n) is 5.97. The van der Waals surface area contributed by atoms with Gasteiger partial charge in [0, 0.05) is 11.4 Å². The van der Waals surface area contributed by atoms with E-state index in [0.717, 1.165) is 17.1 Å². The molecule has 142 valence electrons. The second-order valence-corrected chi connectivity index (χ2v) is 7.58. The molecule has 4 unspecified atom stereocenters. The number of benzene rings is 2. The van der Waals surface area contributed by atoms with Gasteiger partial charge in [0.1, 0.15) is 11.8 Å². The Morgan fingerprint density at radius 2 is 1.50 bits per heavy atom. The summed E-state index contributed by atoms with van der Waals surface area (Å²) in [6.07, 6.45) is 0.621. The van der Waals surface area contributed by atoms with Crippen molar-refractivity contribution in [1.29, 1.82) is 0 Å². The van der Waals surface area contributed by atoms with E-state index in [1.165, 1.54) is 0 Å². The van der Waals surface area contributed by atoms with Gasteiger partial charge in [-0.15, -0.1) is 0 Å². The highest BCUT2D eigenvalue weighted by atomic mass is 16.6. The van der Waals surface area contributed by atoms with Gasteiger partial charge in [0.2, 0.25) is 11.8 Å². The molecular weight excluding hydrogens is 354 g/mol. The number of nitrogens with one attached hydrogen (secondary N) is 1. The number of anilines is 2. The Labute approximate surface area is 163 Å². The molecule has 2 amide bonds. The maximum atomic E-state index is 12.9. The zero-order valence-corrected chi connectivity index (χ0v) is 15.8. The first kappa shape index (κ1) is 17.1. The van der Waals surface area contributed by atoms with Gasteiger partial charge in [-0.3, -0.25) is 19.9 Å². The van der Waals surface area contributed by atoms with Crippen LogP contribution in [0.4, 0.5) is 11.4 Å². The fourth-order valence-corrected chi connectivity index (χ4v) is 4.99. The molecule has 28 heavy (non-hydrogen) atoms. The quantitative estimate of drug-likeness (QED) is 0.834. The minimum absolute atomic E-state index is 0.295. The van der Waals surface area contributed by atoms with Crippen LogP contribution < -0.4 is 10.2 Å². The standard InChI is InChI=1S/C22H21N3O3/c1-3-16-22(18-17(19(26)23-20(18)27)21(2,24-16)28-22)25(14-10-6-4-7-11-14)15-12-8-5-9-13-15/h4-13,17-18H,3H2,1-2H3,(H,23,26,27). The fraction of sp³-hybridized carbons (Fsp3) is 0.318. The van der Waals surface area contributed by atoms with E-state index in [2.05, 4.69) is 5.32 Å². The topological polar surface area (TPSA) is 71.0 Å². The molecule has 6 heteroatoms. The average molecular weight is 375 g/mol. The van der Waals surface area contributed by atoms with Crippen LogP contribution in [0.15, 0.2) is 65.7 Å². The first-order valence-electron chi connectivity index (χ1n) is 9.55. The number of para-hydroxylation sites is 2.